The topological polar surface area (TPSA) is 35.6 Å². The fourth-order valence-corrected chi connectivity index (χ4v) is 5.71. The molecule has 0 aliphatic carbocycles. The van der Waals surface area contributed by atoms with E-state index in [1.54, 1.807) is 0 Å². The highest BCUT2D eigenvalue weighted by Gasteiger charge is 2.29. The second-order valence-electron chi connectivity index (χ2n) is 10.4. The van der Waals surface area contributed by atoms with Gasteiger partial charge in [0.1, 0.15) is 0 Å². The fraction of sp³-hybridized carbons (Fsp3) is 0.519. The van der Waals surface area contributed by atoms with Crippen molar-refractivity contribution < 1.29 is 4.79 Å². The van der Waals surface area contributed by atoms with E-state index in [4.69, 9.17) is 0 Å². The van der Waals surface area contributed by atoms with Gasteiger partial charge in [-0.2, -0.15) is 0 Å². The van der Waals surface area contributed by atoms with Crippen LogP contribution >= 0.6 is 11.8 Å². The molecule has 1 atom stereocenters. The summed E-state index contributed by atoms with van der Waals surface area (Å²) in [6.07, 6.45) is 4.03. The van der Waals surface area contributed by atoms with Gasteiger partial charge in [0.15, 0.2) is 0 Å². The monoisotopic (exact) mass is 451 g/mol. The number of hydrogen-bond acceptors (Lipinski definition) is 4. The molecule has 1 amide bonds. The number of likely N-dealkylation sites (tertiary alicyclic amines) is 1. The van der Waals surface area contributed by atoms with Gasteiger partial charge in [-0.25, -0.2) is 0 Å². The van der Waals surface area contributed by atoms with E-state index in [1.165, 1.54) is 47.1 Å². The molecule has 2 heterocycles. The lowest BCUT2D eigenvalue weighted by Gasteiger charge is -2.39. The Balaban J connectivity index is 1.53. The van der Waals surface area contributed by atoms with E-state index in [9.17, 15) is 4.79 Å². The first-order chi connectivity index (χ1) is 15.3. The molecular weight excluding hydrogens is 414 g/mol. The molecule has 0 radical (unpaired) electrons. The zero-order chi connectivity index (χ0) is 22.7. The van der Waals surface area contributed by atoms with Crippen molar-refractivity contribution in [2.24, 2.45) is 5.41 Å². The lowest BCUT2D eigenvalue weighted by Crippen LogP contribution is -2.40. The second kappa shape index (κ2) is 9.88. The van der Waals surface area contributed by atoms with Crippen molar-refractivity contribution in [2.45, 2.75) is 69.2 Å². The lowest BCUT2D eigenvalue weighted by molar-refractivity contribution is -0.120. The summed E-state index contributed by atoms with van der Waals surface area (Å²) in [7, 11) is 0. The number of nitrogens with one attached hydrogen (secondary N) is 1. The number of hydrogen-bond donors (Lipinski definition) is 1. The molecule has 2 aliphatic rings. The van der Waals surface area contributed by atoms with E-state index in [1.807, 2.05) is 11.8 Å². The summed E-state index contributed by atoms with van der Waals surface area (Å²) in [4.78, 5) is 20.2. The van der Waals surface area contributed by atoms with Gasteiger partial charge in [0, 0.05) is 28.9 Å². The summed E-state index contributed by atoms with van der Waals surface area (Å²) >= 11 is 1.83. The lowest BCUT2D eigenvalue weighted by atomic mass is 9.92. The summed E-state index contributed by atoms with van der Waals surface area (Å²) in [6, 6.07) is 15.6. The molecule has 4 nitrogen and oxygen atoms in total. The van der Waals surface area contributed by atoms with Gasteiger partial charge in [0.2, 0.25) is 5.91 Å². The summed E-state index contributed by atoms with van der Waals surface area (Å²) in [5, 5.41) is 3.10. The normalized spacial score (nSPS) is 17.1. The molecule has 0 spiro atoms. The average Bonchev–Trinajstić information content (AvgIpc) is 3.24. The Morgan fingerprint density at radius 3 is 2.53 bits per heavy atom. The van der Waals surface area contributed by atoms with E-state index in [-0.39, 0.29) is 11.3 Å². The van der Waals surface area contributed by atoms with Crippen LogP contribution in [0.5, 0.6) is 0 Å². The van der Waals surface area contributed by atoms with Crippen molar-refractivity contribution in [3.8, 4) is 0 Å². The second-order valence-corrected chi connectivity index (χ2v) is 11.5. The molecule has 0 bridgehead atoms. The molecule has 2 aliphatic heterocycles. The van der Waals surface area contributed by atoms with Crippen LogP contribution in [0.15, 0.2) is 52.3 Å². The third-order valence-corrected chi connectivity index (χ3v) is 7.48. The zero-order valence-electron chi connectivity index (χ0n) is 20.0. The first-order valence-corrected chi connectivity index (χ1v) is 12.8. The summed E-state index contributed by atoms with van der Waals surface area (Å²) in [5.74, 6) is 0.106. The Morgan fingerprint density at radius 2 is 1.78 bits per heavy atom. The van der Waals surface area contributed by atoms with Crippen molar-refractivity contribution in [1.29, 1.82) is 0 Å². The number of nitrogens with zero attached hydrogens (tertiary/aromatic N) is 2. The molecule has 1 unspecified atom stereocenters. The molecule has 1 fully saturated rings. The molecular formula is C27H37N3OS. The van der Waals surface area contributed by atoms with E-state index in [0.717, 1.165) is 25.1 Å². The quantitative estimate of drug-likeness (QED) is 0.571. The maximum Gasteiger partial charge on any atom is 0.224 e. The number of rotatable bonds is 7. The smallest absolute Gasteiger partial charge is 0.224 e. The number of amides is 1. The zero-order valence-corrected chi connectivity index (χ0v) is 20.8. The van der Waals surface area contributed by atoms with Gasteiger partial charge in [0.25, 0.3) is 0 Å². The SMILES string of the molecule is CC(CN1CCCC1)N1c2ccccc2Sc2ccc(CC(=O)NCCC(C)(C)C)cc21. The Hall–Kier alpha value is -1.98. The van der Waals surface area contributed by atoms with Crippen molar-refractivity contribution >= 4 is 29.0 Å². The number of benzene rings is 2. The third-order valence-electron chi connectivity index (χ3n) is 6.35. The molecule has 0 saturated carbocycles. The molecule has 2 aromatic rings. The Bertz CT molecular complexity index is 946. The average molecular weight is 452 g/mol. The predicted octanol–water partition coefficient (Wildman–Crippen LogP) is 5.87. The highest BCUT2D eigenvalue weighted by atomic mass is 32.2. The molecule has 1 saturated heterocycles. The fourth-order valence-electron chi connectivity index (χ4n) is 4.66. The first kappa shape index (κ1) is 23.2. The molecule has 2 aromatic carbocycles. The van der Waals surface area contributed by atoms with Gasteiger partial charge in [-0.3, -0.25) is 4.79 Å². The van der Waals surface area contributed by atoms with Gasteiger partial charge in [-0.05, 0) is 74.5 Å². The largest absolute Gasteiger partial charge is 0.356 e. The predicted molar refractivity (Wildman–Crippen MR) is 135 cm³/mol. The number of fused-ring (bicyclic) bond motifs is 2. The van der Waals surface area contributed by atoms with Crippen molar-refractivity contribution in [2.75, 3.05) is 31.1 Å². The standard InChI is InChI=1S/C27H37N3OS/c1-20(19-29-15-7-8-16-29)30-22-9-5-6-10-24(22)32-25-12-11-21(17-23(25)30)18-26(31)28-14-13-27(2,3)4/h5-6,9-12,17,20H,7-8,13-16,18-19H2,1-4H3,(H,28,31). The minimum atomic E-state index is 0.106. The molecule has 172 valence electrons. The number of para-hydroxylation sites is 1. The number of carbonyl (C=O) groups excluding carboxylic acids is 1. The van der Waals surface area contributed by atoms with Crippen LogP contribution in [0.25, 0.3) is 0 Å². The maximum absolute atomic E-state index is 12.6. The van der Waals surface area contributed by atoms with Crippen LogP contribution in [0.1, 0.15) is 52.5 Å². The van der Waals surface area contributed by atoms with Gasteiger partial charge in [-0.1, -0.05) is 50.7 Å². The maximum atomic E-state index is 12.6. The van der Waals surface area contributed by atoms with E-state index >= 15 is 0 Å². The van der Waals surface area contributed by atoms with Crippen molar-refractivity contribution in [3.05, 3.63) is 48.0 Å². The number of anilines is 2. The van der Waals surface area contributed by atoms with Crippen LogP contribution in [-0.4, -0.2) is 43.0 Å². The van der Waals surface area contributed by atoms with Crippen LogP contribution in [0.2, 0.25) is 0 Å². The minimum absolute atomic E-state index is 0.106. The highest BCUT2D eigenvalue weighted by molar-refractivity contribution is 7.99. The van der Waals surface area contributed by atoms with Crippen LogP contribution in [0.4, 0.5) is 11.4 Å². The van der Waals surface area contributed by atoms with Crippen LogP contribution in [0.3, 0.4) is 0 Å². The molecule has 0 aromatic heterocycles. The third kappa shape index (κ3) is 5.68. The highest BCUT2D eigenvalue weighted by Crippen LogP contribution is 2.49. The molecule has 5 heteroatoms. The molecule has 32 heavy (non-hydrogen) atoms. The Kier molecular flexibility index (Phi) is 7.16. The Labute approximate surface area is 197 Å². The summed E-state index contributed by atoms with van der Waals surface area (Å²) < 4.78 is 0. The summed E-state index contributed by atoms with van der Waals surface area (Å²) in [5.41, 5.74) is 3.83. The van der Waals surface area contributed by atoms with Gasteiger partial charge >= 0.3 is 0 Å². The minimum Gasteiger partial charge on any atom is -0.356 e. The first-order valence-electron chi connectivity index (χ1n) is 12.0. The van der Waals surface area contributed by atoms with Gasteiger partial charge < -0.3 is 15.1 Å². The van der Waals surface area contributed by atoms with Crippen LogP contribution in [0, 0.1) is 5.41 Å². The van der Waals surface area contributed by atoms with Crippen molar-refractivity contribution in [3.63, 3.8) is 0 Å². The Morgan fingerprint density at radius 1 is 1.06 bits per heavy atom. The van der Waals surface area contributed by atoms with Crippen LogP contribution in [-0.2, 0) is 11.2 Å². The molecule has 1 N–H and O–H groups in total. The van der Waals surface area contributed by atoms with E-state index < -0.39 is 0 Å². The summed E-state index contributed by atoms with van der Waals surface area (Å²) in [6.45, 7) is 13.2. The molecule has 4 rings (SSSR count). The van der Waals surface area contributed by atoms with Crippen molar-refractivity contribution in [1.82, 2.24) is 10.2 Å². The van der Waals surface area contributed by atoms with E-state index in [2.05, 4.69) is 85.3 Å². The van der Waals surface area contributed by atoms with Crippen LogP contribution < -0.4 is 10.2 Å². The van der Waals surface area contributed by atoms with Gasteiger partial charge in [-0.15, -0.1) is 0 Å². The number of carbonyl (C=O) groups is 1. The van der Waals surface area contributed by atoms with E-state index in [0.29, 0.717) is 12.5 Å². The van der Waals surface area contributed by atoms with Gasteiger partial charge in [0.05, 0.1) is 17.8 Å².